The molecular weight excluding hydrogens is 175 g/mol. The molecule has 0 saturated carbocycles. The monoisotopic (exact) mass is 194 g/mol. The van der Waals surface area contributed by atoms with Crippen LogP contribution in [-0.4, -0.2) is 12.8 Å². The molecular formula is C12H19P. The van der Waals surface area contributed by atoms with Crippen molar-refractivity contribution < 1.29 is 0 Å². The predicted octanol–water partition coefficient (Wildman–Crippen LogP) is 4.15. The highest BCUT2D eigenvalue weighted by Crippen LogP contribution is 2.43. The van der Waals surface area contributed by atoms with Gasteiger partial charge in [0.05, 0.1) is 0 Å². The van der Waals surface area contributed by atoms with Crippen LogP contribution in [0, 0.1) is 5.92 Å². The molecule has 0 bridgehead atoms. The molecule has 0 spiro atoms. The van der Waals surface area contributed by atoms with Crippen LogP contribution in [0.15, 0.2) is 35.7 Å². The van der Waals surface area contributed by atoms with Crippen LogP contribution in [0.3, 0.4) is 0 Å². The lowest BCUT2D eigenvalue weighted by Crippen LogP contribution is -1.94. The Hall–Kier alpha value is -0.350. The second kappa shape index (κ2) is 5.40. The van der Waals surface area contributed by atoms with Crippen molar-refractivity contribution in [3.63, 3.8) is 0 Å². The van der Waals surface area contributed by atoms with Crippen LogP contribution in [0.1, 0.15) is 20.3 Å². The normalized spacial score (nSPS) is 18.6. The van der Waals surface area contributed by atoms with Crippen molar-refractivity contribution in [3.05, 3.63) is 35.7 Å². The topological polar surface area (TPSA) is 0 Å². The molecule has 0 aliphatic heterocycles. The Morgan fingerprint density at radius 3 is 2.85 bits per heavy atom. The van der Waals surface area contributed by atoms with Gasteiger partial charge in [0.25, 0.3) is 0 Å². The molecule has 1 unspecified atom stereocenters. The van der Waals surface area contributed by atoms with Gasteiger partial charge < -0.3 is 0 Å². The van der Waals surface area contributed by atoms with E-state index in [0.717, 1.165) is 12.3 Å². The molecule has 0 heterocycles. The zero-order valence-electron chi connectivity index (χ0n) is 8.83. The highest BCUT2D eigenvalue weighted by Gasteiger charge is 2.07. The van der Waals surface area contributed by atoms with Crippen LogP contribution in [0.5, 0.6) is 0 Å². The fraction of sp³-hybridized carbons (Fsp3) is 0.500. The van der Waals surface area contributed by atoms with Crippen molar-refractivity contribution >= 4 is 7.92 Å². The maximum atomic E-state index is 2.38. The number of hydrogen-bond acceptors (Lipinski definition) is 0. The van der Waals surface area contributed by atoms with E-state index in [1.54, 1.807) is 0 Å². The molecule has 1 aliphatic carbocycles. The molecule has 72 valence electrons. The van der Waals surface area contributed by atoms with Gasteiger partial charge in [-0.3, -0.25) is 0 Å². The molecule has 13 heavy (non-hydrogen) atoms. The van der Waals surface area contributed by atoms with Gasteiger partial charge in [-0.25, -0.2) is 0 Å². The van der Waals surface area contributed by atoms with E-state index in [2.05, 4.69) is 50.9 Å². The molecule has 0 saturated heterocycles. The molecule has 0 fully saturated rings. The highest BCUT2D eigenvalue weighted by atomic mass is 31.1. The summed E-state index contributed by atoms with van der Waals surface area (Å²) in [7, 11) is 0.0678. The van der Waals surface area contributed by atoms with Crippen LogP contribution in [0.25, 0.3) is 0 Å². The Morgan fingerprint density at radius 2 is 2.15 bits per heavy atom. The van der Waals surface area contributed by atoms with E-state index in [1.165, 1.54) is 11.5 Å². The fourth-order valence-corrected chi connectivity index (χ4v) is 3.48. The number of hydrogen-bond donors (Lipinski definition) is 0. The Labute approximate surface area is 83.2 Å². The van der Waals surface area contributed by atoms with Crippen LogP contribution in [0.4, 0.5) is 0 Å². The third kappa shape index (κ3) is 3.91. The van der Waals surface area contributed by atoms with E-state index >= 15 is 0 Å². The summed E-state index contributed by atoms with van der Waals surface area (Å²) in [6.07, 6.45) is 13.7. The van der Waals surface area contributed by atoms with Crippen LogP contribution in [-0.2, 0) is 0 Å². The summed E-state index contributed by atoms with van der Waals surface area (Å²) >= 11 is 0. The van der Waals surface area contributed by atoms with Crippen LogP contribution < -0.4 is 0 Å². The first kappa shape index (κ1) is 10.7. The Balaban J connectivity index is 2.59. The van der Waals surface area contributed by atoms with Crippen molar-refractivity contribution in [2.75, 3.05) is 12.8 Å². The van der Waals surface area contributed by atoms with Crippen molar-refractivity contribution in [1.29, 1.82) is 0 Å². The van der Waals surface area contributed by atoms with Gasteiger partial charge in [0, 0.05) is 0 Å². The lowest BCUT2D eigenvalue weighted by molar-refractivity contribution is 0.746. The molecule has 0 amide bonds. The van der Waals surface area contributed by atoms with Gasteiger partial charge in [0.15, 0.2) is 0 Å². The van der Waals surface area contributed by atoms with Crippen LogP contribution >= 0.6 is 7.92 Å². The van der Waals surface area contributed by atoms with E-state index in [-0.39, 0.29) is 7.92 Å². The van der Waals surface area contributed by atoms with Gasteiger partial charge in [-0.15, -0.1) is 0 Å². The van der Waals surface area contributed by atoms with E-state index in [0.29, 0.717) is 0 Å². The average Bonchev–Trinajstić information content (AvgIpc) is 2.29. The Kier molecular flexibility index (Phi) is 4.45. The molecule has 0 aromatic heterocycles. The van der Waals surface area contributed by atoms with E-state index < -0.39 is 0 Å². The molecule has 0 nitrogen and oxygen atoms in total. The van der Waals surface area contributed by atoms with Crippen molar-refractivity contribution in [2.45, 2.75) is 20.3 Å². The summed E-state index contributed by atoms with van der Waals surface area (Å²) < 4.78 is 0. The fourth-order valence-electron chi connectivity index (χ4n) is 1.48. The largest absolute Gasteiger partial charge is 0.0807 e. The predicted molar refractivity (Wildman–Crippen MR) is 63.5 cm³/mol. The molecule has 0 N–H and O–H groups in total. The summed E-state index contributed by atoms with van der Waals surface area (Å²) in [5, 5.41) is 1.54. The first-order valence-electron chi connectivity index (χ1n) is 4.94. The summed E-state index contributed by atoms with van der Waals surface area (Å²) in [5.41, 5.74) is 0. The number of rotatable bonds is 3. The third-order valence-electron chi connectivity index (χ3n) is 2.04. The first-order chi connectivity index (χ1) is 6.20. The zero-order valence-corrected chi connectivity index (χ0v) is 9.72. The van der Waals surface area contributed by atoms with Gasteiger partial charge >= 0.3 is 0 Å². The van der Waals surface area contributed by atoms with Gasteiger partial charge in [-0.2, -0.15) is 0 Å². The molecule has 1 rings (SSSR count). The maximum Gasteiger partial charge on any atom is -0.0163 e. The third-order valence-corrected chi connectivity index (χ3v) is 4.50. The summed E-state index contributed by atoms with van der Waals surface area (Å²) in [5.74, 6) is 0.817. The minimum Gasteiger partial charge on any atom is -0.0807 e. The number of allylic oxidation sites excluding steroid dienone is 6. The van der Waals surface area contributed by atoms with E-state index in [9.17, 15) is 0 Å². The lowest BCUT2D eigenvalue weighted by atomic mass is 10.3. The SMILES string of the molecule is CC(C)CP(C)C1=CC=CCC=C1. The average molecular weight is 194 g/mol. The standard InChI is InChI=1S/C12H19P/c1-11(2)10-13(3)12-8-6-4-5-7-9-12/h4,6-9,11H,5,10H2,1-3H3. The van der Waals surface area contributed by atoms with Gasteiger partial charge in [-0.1, -0.05) is 52.1 Å². The van der Waals surface area contributed by atoms with Crippen molar-refractivity contribution in [3.8, 4) is 0 Å². The van der Waals surface area contributed by atoms with Gasteiger partial charge in [-0.05, 0) is 30.5 Å². The lowest BCUT2D eigenvalue weighted by Gasteiger charge is -2.15. The Bertz CT molecular complexity index is 234. The molecule has 1 aliphatic rings. The second-order valence-corrected chi connectivity index (χ2v) is 6.21. The first-order valence-corrected chi connectivity index (χ1v) is 6.92. The molecule has 1 atom stereocenters. The van der Waals surface area contributed by atoms with E-state index in [4.69, 9.17) is 0 Å². The van der Waals surface area contributed by atoms with Crippen LogP contribution in [0.2, 0.25) is 0 Å². The van der Waals surface area contributed by atoms with Crippen molar-refractivity contribution in [1.82, 2.24) is 0 Å². The smallest absolute Gasteiger partial charge is 0.0163 e. The summed E-state index contributed by atoms with van der Waals surface area (Å²) in [6.45, 7) is 6.98. The highest BCUT2D eigenvalue weighted by molar-refractivity contribution is 7.61. The molecule has 0 aromatic rings. The minimum atomic E-state index is 0.0678. The second-order valence-electron chi connectivity index (χ2n) is 3.93. The molecule has 1 heteroatoms. The van der Waals surface area contributed by atoms with Gasteiger partial charge in [0.1, 0.15) is 0 Å². The summed E-state index contributed by atoms with van der Waals surface area (Å²) in [6, 6.07) is 0. The molecule has 0 radical (unpaired) electrons. The maximum absolute atomic E-state index is 2.38. The summed E-state index contributed by atoms with van der Waals surface area (Å²) in [4.78, 5) is 0. The minimum absolute atomic E-state index is 0.0678. The van der Waals surface area contributed by atoms with Crippen molar-refractivity contribution in [2.24, 2.45) is 5.92 Å². The molecule has 0 aromatic carbocycles. The van der Waals surface area contributed by atoms with E-state index in [1.807, 2.05) is 0 Å². The Morgan fingerprint density at radius 1 is 1.38 bits per heavy atom. The zero-order chi connectivity index (χ0) is 9.68. The quantitative estimate of drug-likeness (QED) is 0.592. The van der Waals surface area contributed by atoms with Gasteiger partial charge in [0.2, 0.25) is 0 Å².